The molecule has 0 bridgehead atoms. The molecule has 12 heteroatoms. The molecule has 0 radical (unpaired) electrons. The highest BCUT2D eigenvalue weighted by Crippen LogP contribution is 2.37. The van der Waals surface area contributed by atoms with E-state index >= 15 is 0 Å². The first-order valence-electron chi connectivity index (χ1n) is 14.0. The molecule has 0 aliphatic heterocycles. The number of hydrogen-bond donors (Lipinski definition) is 1. The average molecular weight is 646 g/mol. The lowest BCUT2D eigenvalue weighted by atomic mass is 10.1. The Bertz CT molecular complexity index is 1580. The van der Waals surface area contributed by atoms with E-state index in [1.54, 1.807) is 13.0 Å². The Morgan fingerprint density at radius 2 is 1.52 bits per heavy atom. The summed E-state index contributed by atoms with van der Waals surface area (Å²) in [6, 6.07) is 15.2. The van der Waals surface area contributed by atoms with Crippen LogP contribution >= 0.6 is 11.6 Å². The standard InChI is InChI=1S/C32H40ClN3O7S/c1-21(2)18-34-32(38)23(4)35(19-24-11-9-8-10-22(24)3)31(37)20-36(27-16-25(33)12-14-28(27)41-5)44(39,40)26-13-15-29(42-6)30(17-26)43-7/h8-17,21,23H,18-20H2,1-7H3,(H,34,38)/t23-/m0/s1. The van der Waals surface area contributed by atoms with Crippen molar-refractivity contribution in [1.82, 2.24) is 10.2 Å². The van der Waals surface area contributed by atoms with E-state index < -0.39 is 28.5 Å². The zero-order chi connectivity index (χ0) is 32.6. The molecular weight excluding hydrogens is 606 g/mol. The molecule has 1 atom stereocenters. The van der Waals surface area contributed by atoms with Crippen molar-refractivity contribution in [1.29, 1.82) is 0 Å². The highest BCUT2D eigenvalue weighted by Gasteiger charge is 2.34. The normalized spacial score (nSPS) is 11.9. The summed E-state index contributed by atoms with van der Waals surface area (Å²) in [6.07, 6.45) is 0. The van der Waals surface area contributed by atoms with Crippen molar-refractivity contribution in [3.63, 3.8) is 0 Å². The van der Waals surface area contributed by atoms with E-state index in [4.69, 9.17) is 25.8 Å². The second-order valence-corrected chi connectivity index (χ2v) is 12.9. The van der Waals surface area contributed by atoms with Crippen molar-refractivity contribution >= 4 is 39.1 Å². The predicted octanol–water partition coefficient (Wildman–Crippen LogP) is 5.06. The number of nitrogens with one attached hydrogen (secondary N) is 1. The van der Waals surface area contributed by atoms with Crippen LogP contribution in [0, 0.1) is 12.8 Å². The van der Waals surface area contributed by atoms with Gasteiger partial charge in [0.2, 0.25) is 11.8 Å². The summed E-state index contributed by atoms with van der Waals surface area (Å²) in [7, 11) is -0.203. The first-order chi connectivity index (χ1) is 20.8. The maximum Gasteiger partial charge on any atom is 0.265 e. The molecule has 0 saturated carbocycles. The number of hydrogen-bond acceptors (Lipinski definition) is 7. The zero-order valence-corrected chi connectivity index (χ0v) is 27.7. The second kappa shape index (κ2) is 15.2. The largest absolute Gasteiger partial charge is 0.495 e. The summed E-state index contributed by atoms with van der Waals surface area (Å²) >= 11 is 6.32. The van der Waals surface area contributed by atoms with Crippen LogP contribution in [0.15, 0.2) is 65.6 Å². The van der Waals surface area contributed by atoms with Gasteiger partial charge in [0, 0.05) is 24.2 Å². The van der Waals surface area contributed by atoms with Crippen LogP contribution in [-0.4, -0.2) is 65.6 Å². The Kier molecular flexibility index (Phi) is 11.9. The van der Waals surface area contributed by atoms with E-state index in [1.165, 1.54) is 56.6 Å². The van der Waals surface area contributed by atoms with E-state index in [2.05, 4.69) is 5.32 Å². The third-order valence-electron chi connectivity index (χ3n) is 7.09. The lowest BCUT2D eigenvalue weighted by Crippen LogP contribution is -2.51. The van der Waals surface area contributed by atoms with Crippen LogP contribution in [0.3, 0.4) is 0 Å². The highest BCUT2D eigenvalue weighted by molar-refractivity contribution is 7.92. The van der Waals surface area contributed by atoms with Crippen LogP contribution in [-0.2, 0) is 26.2 Å². The van der Waals surface area contributed by atoms with Gasteiger partial charge < -0.3 is 24.4 Å². The molecule has 0 aliphatic rings. The second-order valence-electron chi connectivity index (χ2n) is 10.6. The fraction of sp³-hybridized carbons (Fsp3) is 0.375. The van der Waals surface area contributed by atoms with Crippen LogP contribution in [0.25, 0.3) is 0 Å². The van der Waals surface area contributed by atoms with Gasteiger partial charge in [0.25, 0.3) is 10.0 Å². The van der Waals surface area contributed by atoms with E-state index in [9.17, 15) is 18.0 Å². The first kappa shape index (κ1) is 34.5. The number of nitrogens with zero attached hydrogens (tertiary/aromatic N) is 2. The zero-order valence-electron chi connectivity index (χ0n) is 26.1. The van der Waals surface area contributed by atoms with Crippen LogP contribution in [0.2, 0.25) is 5.02 Å². The highest BCUT2D eigenvalue weighted by atomic mass is 35.5. The molecule has 0 unspecified atom stereocenters. The summed E-state index contributed by atoms with van der Waals surface area (Å²) in [5.41, 5.74) is 1.79. The molecule has 238 valence electrons. The summed E-state index contributed by atoms with van der Waals surface area (Å²) in [4.78, 5) is 28.7. The summed E-state index contributed by atoms with van der Waals surface area (Å²) < 4.78 is 45.7. The molecule has 0 saturated heterocycles. The average Bonchev–Trinajstić information content (AvgIpc) is 3.00. The van der Waals surface area contributed by atoms with Gasteiger partial charge in [-0.2, -0.15) is 0 Å². The van der Waals surface area contributed by atoms with Crippen LogP contribution in [0.4, 0.5) is 5.69 Å². The quantitative estimate of drug-likeness (QED) is 0.261. The van der Waals surface area contributed by atoms with Gasteiger partial charge in [-0.15, -0.1) is 0 Å². The molecule has 1 N–H and O–H groups in total. The lowest BCUT2D eigenvalue weighted by Gasteiger charge is -2.33. The van der Waals surface area contributed by atoms with Crippen LogP contribution in [0.1, 0.15) is 31.9 Å². The number of ether oxygens (including phenoxy) is 3. The molecule has 0 heterocycles. The number of anilines is 1. The summed E-state index contributed by atoms with van der Waals surface area (Å²) in [5.74, 6) is -0.0556. The van der Waals surface area contributed by atoms with E-state index in [0.717, 1.165) is 15.4 Å². The lowest BCUT2D eigenvalue weighted by molar-refractivity contribution is -0.139. The fourth-order valence-corrected chi connectivity index (χ4v) is 6.08. The number of sulfonamides is 1. The van der Waals surface area contributed by atoms with Gasteiger partial charge in [-0.1, -0.05) is 49.7 Å². The number of aryl methyl sites for hydroxylation is 1. The van der Waals surface area contributed by atoms with Crippen molar-refractivity contribution in [2.75, 3.05) is 38.7 Å². The van der Waals surface area contributed by atoms with E-state index in [0.29, 0.717) is 12.3 Å². The summed E-state index contributed by atoms with van der Waals surface area (Å²) in [5, 5.41) is 3.12. The van der Waals surface area contributed by atoms with Crippen molar-refractivity contribution in [3.8, 4) is 17.2 Å². The first-order valence-corrected chi connectivity index (χ1v) is 15.9. The van der Waals surface area contributed by atoms with Crippen molar-refractivity contribution in [2.45, 2.75) is 45.2 Å². The van der Waals surface area contributed by atoms with Gasteiger partial charge >= 0.3 is 0 Å². The van der Waals surface area contributed by atoms with Crippen LogP contribution in [0.5, 0.6) is 17.2 Å². The number of halogens is 1. The van der Waals surface area contributed by atoms with Gasteiger partial charge in [0.1, 0.15) is 18.3 Å². The number of carbonyl (C=O) groups excluding carboxylic acids is 2. The molecule has 3 aromatic rings. The van der Waals surface area contributed by atoms with Gasteiger partial charge in [0.05, 0.1) is 31.9 Å². The van der Waals surface area contributed by atoms with Gasteiger partial charge in [0.15, 0.2) is 11.5 Å². The minimum absolute atomic E-state index is 0.0517. The molecule has 44 heavy (non-hydrogen) atoms. The molecular formula is C32H40ClN3O7S. The molecule has 0 aromatic heterocycles. The van der Waals surface area contributed by atoms with E-state index in [1.807, 2.05) is 45.0 Å². The maximum atomic E-state index is 14.3. The van der Waals surface area contributed by atoms with E-state index in [-0.39, 0.29) is 45.5 Å². The maximum absolute atomic E-state index is 14.3. The molecule has 3 rings (SSSR count). The van der Waals surface area contributed by atoms with Crippen molar-refractivity contribution in [3.05, 3.63) is 76.8 Å². The molecule has 0 spiro atoms. The number of amides is 2. The SMILES string of the molecule is COc1ccc(S(=O)(=O)N(CC(=O)N(Cc2ccccc2C)[C@@H](C)C(=O)NCC(C)C)c2cc(Cl)ccc2OC)cc1OC. The van der Waals surface area contributed by atoms with Gasteiger partial charge in [-0.25, -0.2) is 8.42 Å². The monoisotopic (exact) mass is 645 g/mol. The van der Waals surface area contributed by atoms with Gasteiger partial charge in [-0.05, 0) is 61.2 Å². The number of benzene rings is 3. The Labute approximate surface area is 264 Å². The van der Waals surface area contributed by atoms with Crippen molar-refractivity contribution in [2.24, 2.45) is 5.92 Å². The van der Waals surface area contributed by atoms with Gasteiger partial charge in [-0.3, -0.25) is 13.9 Å². The Hall–Kier alpha value is -3.96. The smallest absolute Gasteiger partial charge is 0.265 e. The molecule has 2 amide bonds. The Morgan fingerprint density at radius 3 is 2.14 bits per heavy atom. The molecule has 3 aromatic carbocycles. The number of rotatable bonds is 14. The minimum atomic E-state index is -4.43. The van der Waals surface area contributed by atoms with Crippen molar-refractivity contribution < 1.29 is 32.2 Å². The molecule has 10 nitrogen and oxygen atoms in total. The third-order valence-corrected chi connectivity index (χ3v) is 9.08. The Balaban J connectivity index is 2.14. The number of carbonyl (C=O) groups is 2. The van der Waals surface area contributed by atoms with Crippen LogP contribution < -0.4 is 23.8 Å². The molecule has 0 fully saturated rings. The third kappa shape index (κ3) is 8.15. The number of methoxy groups -OCH3 is 3. The summed E-state index contributed by atoms with van der Waals surface area (Å²) in [6.45, 7) is 7.33. The molecule has 0 aliphatic carbocycles. The Morgan fingerprint density at radius 1 is 0.886 bits per heavy atom. The minimum Gasteiger partial charge on any atom is -0.495 e. The topological polar surface area (TPSA) is 114 Å². The fourth-order valence-electron chi connectivity index (χ4n) is 4.48. The predicted molar refractivity (Wildman–Crippen MR) is 171 cm³/mol.